The SMILES string of the molecule is CCNC(C)c1cccc(NC(=O)c2ccc(=O)[nH]c2)c1. The van der Waals surface area contributed by atoms with Gasteiger partial charge in [-0.3, -0.25) is 9.59 Å². The summed E-state index contributed by atoms with van der Waals surface area (Å²) < 4.78 is 0. The fraction of sp³-hybridized carbons (Fsp3) is 0.250. The molecule has 2 aromatic rings. The number of benzene rings is 1. The maximum absolute atomic E-state index is 12.1. The lowest BCUT2D eigenvalue weighted by atomic mass is 10.1. The minimum atomic E-state index is -0.250. The van der Waals surface area contributed by atoms with Gasteiger partial charge in [-0.05, 0) is 37.2 Å². The first kappa shape index (κ1) is 15.0. The van der Waals surface area contributed by atoms with Gasteiger partial charge in [0.05, 0.1) is 5.56 Å². The van der Waals surface area contributed by atoms with Crippen LogP contribution in [0.15, 0.2) is 47.4 Å². The van der Waals surface area contributed by atoms with Crippen LogP contribution in [-0.4, -0.2) is 17.4 Å². The molecular weight excluding hydrogens is 266 g/mol. The van der Waals surface area contributed by atoms with E-state index in [1.807, 2.05) is 24.3 Å². The molecule has 0 aliphatic rings. The average molecular weight is 285 g/mol. The Balaban J connectivity index is 2.12. The number of H-pyrrole nitrogens is 1. The Morgan fingerprint density at radius 3 is 2.76 bits per heavy atom. The van der Waals surface area contributed by atoms with Crippen LogP contribution in [0.3, 0.4) is 0 Å². The molecule has 21 heavy (non-hydrogen) atoms. The van der Waals surface area contributed by atoms with Crippen molar-refractivity contribution in [3.8, 4) is 0 Å². The lowest BCUT2D eigenvalue weighted by Crippen LogP contribution is -2.18. The Hall–Kier alpha value is -2.40. The van der Waals surface area contributed by atoms with Crippen molar-refractivity contribution in [1.82, 2.24) is 10.3 Å². The molecule has 5 heteroatoms. The van der Waals surface area contributed by atoms with E-state index in [1.165, 1.54) is 18.3 Å². The molecule has 0 aliphatic heterocycles. The van der Waals surface area contributed by atoms with Crippen LogP contribution in [0.5, 0.6) is 0 Å². The van der Waals surface area contributed by atoms with E-state index in [2.05, 4.69) is 29.5 Å². The topological polar surface area (TPSA) is 74.0 Å². The summed E-state index contributed by atoms with van der Waals surface area (Å²) in [6.45, 7) is 5.01. The molecule has 0 saturated carbocycles. The van der Waals surface area contributed by atoms with Gasteiger partial charge in [0.1, 0.15) is 0 Å². The van der Waals surface area contributed by atoms with Crippen LogP contribution >= 0.6 is 0 Å². The van der Waals surface area contributed by atoms with Crippen molar-refractivity contribution in [2.24, 2.45) is 0 Å². The molecule has 5 nitrogen and oxygen atoms in total. The summed E-state index contributed by atoms with van der Waals surface area (Å²) in [5, 5.41) is 6.15. The van der Waals surface area contributed by atoms with E-state index in [9.17, 15) is 9.59 Å². The van der Waals surface area contributed by atoms with E-state index in [4.69, 9.17) is 0 Å². The lowest BCUT2D eigenvalue weighted by molar-refractivity contribution is 0.102. The average Bonchev–Trinajstić information content (AvgIpc) is 2.48. The first-order valence-electron chi connectivity index (χ1n) is 6.93. The number of aromatic amines is 1. The lowest BCUT2D eigenvalue weighted by Gasteiger charge is -2.14. The Morgan fingerprint density at radius 1 is 1.29 bits per heavy atom. The van der Waals surface area contributed by atoms with Gasteiger partial charge in [0.2, 0.25) is 5.56 Å². The molecule has 0 bridgehead atoms. The third kappa shape index (κ3) is 4.03. The van der Waals surface area contributed by atoms with Crippen LogP contribution in [0, 0.1) is 0 Å². The van der Waals surface area contributed by atoms with E-state index in [1.54, 1.807) is 0 Å². The quantitative estimate of drug-likeness (QED) is 0.789. The molecule has 0 saturated heterocycles. The van der Waals surface area contributed by atoms with Crippen LogP contribution in [0.4, 0.5) is 5.69 Å². The number of carbonyl (C=O) groups is 1. The molecule has 110 valence electrons. The van der Waals surface area contributed by atoms with Crippen molar-refractivity contribution >= 4 is 11.6 Å². The first-order valence-corrected chi connectivity index (χ1v) is 6.93. The van der Waals surface area contributed by atoms with Gasteiger partial charge in [0, 0.05) is 24.0 Å². The molecule has 1 aromatic carbocycles. The molecule has 0 aliphatic carbocycles. The summed E-state index contributed by atoms with van der Waals surface area (Å²) in [6, 6.07) is 10.8. The van der Waals surface area contributed by atoms with Gasteiger partial charge < -0.3 is 15.6 Å². The third-order valence-corrected chi connectivity index (χ3v) is 3.20. The predicted molar refractivity (Wildman–Crippen MR) is 83.5 cm³/mol. The second-order valence-corrected chi connectivity index (χ2v) is 4.80. The zero-order valence-electron chi connectivity index (χ0n) is 12.1. The van der Waals surface area contributed by atoms with Crippen LogP contribution in [0.2, 0.25) is 0 Å². The highest BCUT2D eigenvalue weighted by molar-refractivity contribution is 6.04. The summed E-state index contributed by atoms with van der Waals surface area (Å²) >= 11 is 0. The molecule has 1 atom stereocenters. The Bertz CT molecular complexity index is 659. The second kappa shape index (κ2) is 6.85. The number of hydrogen-bond acceptors (Lipinski definition) is 3. The fourth-order valence-electron chi connectivity index (χ4n) is 2.06. The molecule has 1 unspecified atom stereocenters. The van der Waals surface area contributed by atoms with E-state index < -0.39 is 0 Å². The predicted octanol–water partition coefficient (Wildman–Crippen LogP) is 2.30. The van der Waals surface area contributed by atoms with Gasteiger partial charge in [-0.2, -0.15) is 0 Å². The summed E-state index contributed by atoms with van der Waals surface area (Å²) in [7, 11) is 0. The molecule has 0 radical (unpaired) electrons. The third-order valence-electron chi connectivity index (χ3n) is 3.20. The first-order chi connectivity index (χ1) is 10.1. The monoisotopic (exact) mass is 285 g/mol. The molecular formula is C16H19N3O2. The van der Waals surface area contributed by atoms with E-state index in [0.29, 0.717) is 5.56 Å². The maximum Gasteiger partial charge on any atom is 0.257 e. The molecule has 0 spiro atoms. The number of nitrogens with one attached hydrogen (secondary N) is 3. The van der Waals surface area contributed by atoms with Crippen LogP contribution in [-0.2, 0) is 0 Å². The number of rotatable bonds is 5. The van der Waals surface area contributed by atoms with E-state index >= 15 is 0 Å². The van der Waals surface area contributed by atoms with Gasteiger partial charge in [-0.15, -0.1) is 0 Å². The Morgan fingerprint density at radius 2 is 2.10 bits per heavy atom. The number of hydrogen-bond donors (Lipinski definition) is 3. The smallest absolute Gasteiger partial charge is 0.257 e. The second-order valence-electron chi connectivity index (χ2n) is 4.80. The number of pyridine rings is 1. The Labute approximate surface area is 123 Å². The summed E-state index contributed by atoms with van der Waals surface area (Å²) in [4.78, 5) is 25.6. The van der Waals surface area contributed by atoms with E-state index in [0.717, 1.165) is 17.8 Å². The molecule has 1 aromatic heterocycles. The molecule has 1 heterocycles. The minimum Gasteiger partial charge on any atom is -0.328 e. The largest absolute Gasteiger partial charge is 0.328 e. The number of amides is 1. The van der Waals surface area contributed by atoms with Crippen molar-refractivity contribution in [1.29, 1.82) is 0 Å². The molecule has 1 amide bonds. The van der Waals surface area contributed by atoms with Crippen molar-refractivity contribution < 1.29 is 4.79 Å². The number of aromatic nitrogens is 1. The highest BCUT2D eigenvalue weighted by Gasteiger charge is 2.08. The zero-order valence-corrected chi connectivity index (χ0v) is 12.1. The highest BCUT2D eigenvalue weighted by Crippen LogP contribution is 2.17. The summed E-state index contributed by atoms with van der Waals surface area (Å²) in [5.74, 6) is -0.250. The molecule has 3 N–H and O–H groups in total. The fourth-order valence-corrected chi connectivity index (χ4v) is 2.06. The highest BCUT2D eigenvalue weighted by atomic mass is 16.1. The molecule has 2 rings (SSSR count). The van der Waals surface area contributed by atoms with Crippen LogP contribution < -0.4 is 16.2 Å². The Kier molecular flexibility index (Phi) is 4.90. The van der Waals surface area contributed by atoms with Crippen LogP contribution in [0.1, 0.15) is 35.8 Å². The summed E-state index contributed by atoms with van der Waals surface area (Å²) in [5.41, 5.74) is 2.03. The number of anilines is 1. The van der Waals surface area contributed by atoms with Crippen molar-refractivity contribution in [3.63, 3.8) is 0 Å². The number of carbonyl (C=O) groups excluding carboxylic acids is 1. The van der Waals surface area contributed by atoms with Gasteiger partial charge in [0.15, 0.2) is 0 Å². The zero-order chi connectivity index (χ0) is 15.2. The standard InChI is InChI=1S/C16H19N3O2/c1-3-17-11(2)12-5-4-6-14(9-12)19-16(21)13-7-8-15(20)18-10-13/h4-11,17H,3H2,1-2H3,(H,18,20)(H,19,21). The van der Waals surface area contributed by atoms with Crippen molar-refractivity contribution in [2.75, 3.05) is 11.9 Å². The summed E-state index contributed by atoms with van der Waals surface area (Å²) in [6.07, 6.45) is 1.41. The minimum absolute atomic E-state index is 0.222. The van der Waals surface area contributed by atoms with Gasteiger partial charge in [0.25, 0.3) is 5.91 Å². The van der Waals surface area contributed by atoms with Gasteiger partial charge >= 0.3 is 0 Å². The van der Waals surface area contributed by atoms with Gasteiger partial charge in [-0.1, -0.05) is 19.1 Å². The van der Waals surface area contributed by atoms with E-state index in [-0.39, 0.29) is 17.5 Å². The van der Waals surface area contributed by atoms with Crippen molar-refractivity contribution in [2.45, 2.75) is 19.9 Å². The van der Waals surface area contributed by atoms with Crippen LogP contribution in [0.25, 0.3) is 0 Å². The van der Waals surface area contributed by atoms with Gasteiger partial charge in [-0.25, -0.2) is 0 Å². The molecule has 0 fully saturated rings. The maximum atomic E-state index is 12.1. The van der Waals surface area contributed by atoms with Crippen molar-refractivity contribution in [3.05, 3.63) is 64.1 Å². The normalized spacial score (nSPS) is 11.9.